The van der Waals surface area contributed by atoms with Gasteiger partial charge in [-0.1, -0.05) is 23.7 Å². The predicted octanol–water partition coefficient (Wildman–Crippen LogP) is 5.66. The first kappa shape index (κ1) is 33.2. The van der Waals surface area contributed by atoms with Crippen LogP contribution in [-0.4, -0.2) is 64.5 Å². The Kier molecular flexibility index (Phi) is 8.91. The molecule has 2 fully saturated rings. The molecule has 2 aromatic carbocycles. The van der Waals surface area contributed by atoms with Gasteiger partial charge in [-0.25, -0.2) is 17.9 Å². The van der Waals surface area contributed by atoms with Crippen molar-refractivity contribution < 1.29 is 32.2 Å². The predicted molar refractivity (Wildman–Crippen MR) is 182 cm³/mol. The molecule has 2 aliphatic heterocycles. The highest BCUT2D eigenvalue weighted by atomic mass is 35.5. The summed E-state index contributed by atoms with van der Waals surface area (Å²) < 4.78 is 47.9. The minimum absolute atomic E-state index is 0.0307. The molecule has 3 aliphatic carbocycles. The number of halogens is 1. The van der Waals surface area contributed by atoms with E-state index in [9.17, 15) is 18.0 Å². The molecule has 12 heteroatoms. The summed E-state index contributed by atoms with van der Waals surface area (Å²) in [6.07, 6.45) is 10.4. The summed E-state index contributed by atoms with van der Waals surface area (Å²) in [5, 5.41) is 3.70. The van der Waals surface area contributed by atoms with E-state index in [0.717, 1.165) is 51.4 Å². The number of alkyl carbamates (subject to hydrolysis) is 1. The monoisotopic (exact) mass is 697 g/mol. The summed E-state index contributed by atoms with van der Waals surface area (Å²) in [6, 6.07) is 11.0. The zero-order chi connectivity index (χ0) is 33.7. The second-order valence-electron chi connectivity index (χ2n) is 14.6. The maximum Gasteiger partial charge on any atom is 0.407 e. The van der Waals surface area contributed by atoms with Crippen LogP contribution >= 0.6 is 11.6 Å². The van der Waals surface area contributed by atoms with Crippen molar-refractivity contribution in [2.75, 3.05) is 31.2 Å². The number of sulfonamides is 1. The number of ether oxygens (including phenoxy) is 3. The van der Waals surface area contributed by atoms with Crippen molar-refractivity contribution in [3.63, 3.8) is 0 Å². The van der Waals surface area contributed by atoms with Gasteiger partial charge in [-0.3, -0.25) is 4.79 Å². The maximum absolute atomic E-state index is 13.6. The van der Waals surface area contributed by atoms with Gasteiger partial charge in [-0.2, -0.15) is 0 Å². The number of carbonyl (C=O) groups is 2. The Morgan fingerprint density at radius 1 is 1.10 bits per heavy atom. The first-order valence-corrected chi connectivity index (χ1v) is 18.9. The minimum Gasteiger partial charge on any atom is -0.490 e. The number of rotatable bonds is 2. The molecule has 258 valence electrons. The molecule has 7 rings (SSSR count). The van der Waals surface area contributed by atoms with Gasteiger partial charge in [0.2, 0.25) is 0 Å². The number of nitrogens with one attached hydrogen (secondary N) is 2. The third-order valence-corrected chi connectivity index (χ3v) is 12.5. The van der Waals surface area contributed by atoms with E-state index in [2.05, 4.69) is 21.0 Å². The first-order valence-electron chi connectivity index (χ1n) is 17.1. The van der Waals surface area contributed by atoms with E-state index >= 15 is 0 Å². The van der Waals surface area contributed by atoms with Gasteiger partial charge in [0.1, 0.15) is 17.5 Å². The molecule has 48 heavy (non-hydrogen) atoms. The zero-order valence-electron chi connectivity index (χ0n) is 27.5. The number of nitrogens with zero attached hydrogens (tertiary/aromatic N) is 1. The van der Waals surface area contributed by atoms with Gasteiger partial charge < -0.3 is 24.4 Å². The number of fused-ring (bicyclic) bond motifs is 4. The van der Waals surface area contributed by atoms with E-state index in [1.54, 1.807) is 18.2 Å². The molecule has 10 nitrogen and oxygen atoms in total. The SMILES string of the molecule is CC1(C)OCC=C[C@H](OC(=O)NC2CCC2)[C@@H]2CC[C@H]2CN2C[C@@]3(CCCc4cc(Cl)ccc43)COc3ccc(cc32)S(=O)(=O)NC1=O. The van der Waals surface area contributed by atoms with Crippen LogP contribution in [0, 0.1) is 11.8 Å². The molecule has 1 spiro atoms. The average molecular weight is 698 g/mol. The molecule has 2 heterocycles. The molecule has 2 bridgehead atoms. The third-order valence-electron chi connectivity index (χ3n) is 11.0. The number of aryl methyl sites for hydroxylation is 1. The Morgan fingerprint density at radius 2 is 1.94 bits per heavy atom. The normalized spacial score (nSPS) is 29.5. The molecule has 0 radical (unpaired) electrons. The lowest BCUT2D eigenvalue weighted by molar-refractivity contribution is -0.139. The highest BCUT2D eigenvalue weighted by Gasteiger charge is 2.45. The van der Waals surface area contributed by atoms with E-state index in [1.807, 2.05) is 18.2 Å². The second-order valence-corrected chi connectivity index (χ2v) is 16.7. The van der Waals surface area contributed by atoms with Crippen LogP contribution in [0.3, 0.4) is 0 Å². The fraction of sp³-hybridized carbons (Fsp3) is 0.556. The van der Waals surface area contributed by atoms with Crippen molar-refractivity contribution in [3.8, 4) is 5.75 Å². The molecule has 2 N–H and O–H groups in total. The maximum atomic E-state index is 13.6. The van der Waals surface area contributed by atoms with E-state index < -0.39 is 33.7 Å². The molecule has 2 amide bonds. The van der Waals surface area contributed by atoms with Crippen LogP contribution in [0.1, 0.15) is 69.9 Å². The molecule has 0 saturated heterocycles. The Bertz CT molecular complexity index is 1730. The smallest absolute Gasteiger partial charge is 0.407 e. The zero-order valence-corrected chi connectivity index (χ0v) is 29.1. The highest BCUT2D eigenvalue weighted by Crippen LogP contribution is 2.47. The summed E-state index contributed by atoms with van der Waals surface area (Å²) in [5.41, 5.74) is 1.29. The highest BCUT2D eigenvalue weighted by molar-refractivity contribution is 7.90. The van der Waals surface area contributed by atoms with E-state index in [1.165, 1.54) is 31.0 Å². The summed E-state index contributed by atoms with van der Waals surface area (Å²) in [5.74, 6) is 0.0175. The van der Waals surface area contributed by atoms with E-state index in [4.69, 9.17) is 25.8 Å². The average Bonchev–Trinajstić information content (AvgIpc) is 3.15. The second kappa shape index (κ2) is 12.9. The molecular formula is C36H44ClN3O7S. The van der Waals surface area contributed by atoms with Gasteiger partial charge >= 0.3 is 6.09 Å². The number of benzene rings is 2. The topological polar surface area (TPSA) is 123 Å². The van der Waals surface area contributed by atoms with Crippen LogP contribution in [0.5, 0.6) is 5.75 Å². The Hall–Kier alpha value is -3.28. The number of anilines is 1. The van der Waals surface area contributed by atoms with Gasteiger partial charge in [-0.05, 0) is 119 Å². The van der Waals surface area contributed by atoms with Crippen molar-refractivity contribution in [2.45, 2.75) is 93.3 Å². The van der Waals surface area contributed by atoms with Crippen LogP contribution in [0.25, 0.3) is 0 Å². The number of hydrogen-bond donors (Lipinski definition) is 2. The van der Waals surface area contributed by atoms with Gasteiger partial charge in [-0.15, -0.1) is 0 Å². The van der Waals surface area contributed by atoms with E-state index in [-0.39, 0.29) is 34.8 Å². The van der Waals surface area contributed by atoms with Crippen LogP contribution in [-0.2, 0) is 36.1 Å². The third kappa shape index (κ3) is 6.53. The Balaban J connectivity index is 1.27. The summed E-state index contributed by atoms with van der Waals surface area (Å²) in [6.45, 7) is 4.75. The van der Waals surface area contributed by atoms with Gasteiger partial charge in [0.25, 0.3) is 15.9 Å². The van der Waals surface area contributed by atoms with Crippen LogP contribution in [0.15, 0.2) is 53.4 Å². The summed E-state index contributed by atoms with van der Waals surface area (Å²) in [7, 11) is -4.23. The number of hydrogen-bond acceptors (Lipinski definition) is 8. The van der Waals surface area contributed by atoms with Crippen molar-refractivity contribution in [2.24, 2.45) is 11.8 Å². The van der Waals surface area contributed by atoms with Crippen LogP contribution < -0.4 is 19.7 Å². The molecule has 5 aliphatic rings. The first-order chi connectivity index (χ1) is 22.9. The molecule has 0 unspecified atom stereocenters. The standard InChI is InChI=1S/C36H44ClN3O7S/c1-35(2)33(41)39-48(43,44)27-12-15-32-30(19-27)40(21-36(22-45-32)16-4-6-23-18-25(37)11-14-29(23)36)20-24-10-13-28(24)31(9-5-17-46-35)47-34(42)38-26-7-3-8-26/h5,9,11-12,14-15,18-19,24,26,28,31H,3-4,6-8,10,13,16-17,20-22H2,1-2H3,(H,38,42)(H,39,41)/t24-,28+,31-,36-/m0/s1. The van der Waals surface area contributed by atoms with Crippen molar-refractivity contribution >= 4 is 39.3 Å². The fourth-order valence-corrected chi connectivity index (χ4v) is 9.08. The van der Waals surface area contributed by atoms with E-state index in [0.29, 0.717) is 36.2 Å². The minimum atomic E-state index is -4.23. The lowest BCUT2D eigenvalue weighted by Crippen LogP contribution is -2.50. The molecule has 2 saturated carbocycles. The Morgan fingerprint density at radius 3 is 2.69 bits per heavy atom. The fourth-order valence-electron chi connectivity index (χ4n) is 7.76. The lowest BCUT2D eigenvalue weighted by atomic mass is 9.68. The summed E-state index contributed by atoms with van der Waals surface area (Å²) >= 11 is 6.43. The molecule has 0 aromatic heterocycles. The Labute approximate surface area is 287 Å². The summed E-state index contributed by atoms with van der Waals surface area (Å²) in [4.78, 5) is 28.4. The van der Waals surface area contributed by atoms with Gasteiger partial charge in [0.15, 0.2) is 0 Å². The van der Waals surface area contributed by atoms with Gasteiger partial charge in [0.05, 0.1) is 23.8 Å². The van der Waals surface area contributed by atoms with Crippen LogP contribution in [0.4, 0.5) is 10.5 Å². The van der Waals surface area contributed by atoms with Crippen LogP contribution in [0.2, 0.25) is 5.02 Å². The van der Waals surface area contributed by atoms with Crippen molar-refractivity contribution in [1.29, 1.82) is 0 Å². The quantitative estimate of drug-likeness (QED) is 0.386. The largest absolute Gasteiger partial charge is 0.490 e. The number of carbonyl (C=O) groups excluding carboxylic acids is 2. The molecule has 2 aromatic rings. The lowest BCUT2D eigenvalue weighted by Gasteiger charge is -2.46. The number of amides is 2. The van der Waals surface area contributed by atoms with Gasteiger partial charge in [0, 0.05) is 35.5 Å². The van der Waals surface area contributed by atoms with Crippen molar-refractivity contribution in [3.05, 3.63) is 64.7 Å². The van der Waals surface area contributed by atoms with Crippen molar-refractivity contribution in [1.82, 2.24) is 10.0 Å². The molecular weight excluding hydrogens is 654 g/mol. The molecule has 4 atom stereocenters.